The number of nitrogens with one attached hydrogen (secondary N) is 1. The molecule has 4 rings (SSSR count). The molecule has 4 aromatic rings. The van der Waals surface area contributed by atoms with Crippen molar-refractivity contribution in [2.75, 3.05) is 11.1 Å². The predicted octanol–water partition coefficient (Wildman–Crippen LogP) is 4.57. The topological polar surface area (TPSA) is 118 Å². The normalized spacial score (nSPS) is 10.6. The molecule has 7 heteroatoms. The van der Waals surface area contributed by atoms with Gasteiger partial charge in [-0.3, -0.25) is 4.79 Å². The number of benzene rings is 2. The van der Waals surface area contributed by atoms with Gasteiger partial charge in [0.2, 0.25) is 0 Å². The monoisotopic (exact) mass is 399 g/mol. The van der Waals surface area contributed by atoms with Gasteiger partial charge in [-0.2, -0.15) is 5.26 Å². The van der Waals surface area contributed by atoms with Gasteiger partial charge in [0.05, 0.1) is 10.2 Å². The van der Waals surface area contributed by atoms with E-state index in [1.165, 1.54) is 11.3 Å². The van der Waals surface area contributed by atoms with Gasteiger partial charge in [-0.15, -0.1) is 11.3 Å². The van der Waals surface area contributed by atoms with Gasteiger partial charge in [0.15, 0.2) is 0 Å². The van der Waals surface area contributed by atoms with E-state index in [2.05, 4.69) is 16.4 Å². The van der Waals surface area contributed by atoms with Gasteiger partial charge < -0.3 is 16.8 Å². The molecule has 2 heterocycles. The summed E-state index contributed by atoms with van der Waals surface area (Å²) in [5, 5.41) is 13.5. The molecule has 0 saturated heterocycles. The Morgan fingerprint density at radius 3 is 2.45 bits per heavy atom. The molecular weight excluding hydrogens is 382 g/mol. The Kier molecular flexibility index (Phi) is 4.63. The summed E-state index contributed by atoms with van der Waals surface area (Å²) >= 11 is 1.33. The average Bonchev–Trinajstić information content (AvgIpc) is 3.06. The lowest BCUT2D eigenvalue weighted by atomic mass is 9.99. The number of hydrogen-bond donors (Lipinski definition) is 3. The number of anilines is 3. The minimum absolute atomic E-state index is 0.0714. The molecule has 6 nitrogen and oxygen atoms in total. The predicted molar refractivity (Wildman–Crippen MR) is 117 cm³/mol. The molecule has 5 N–H and O–H groups in total. The highest BCUT2D eigenvalue weighted by atomic mass is 32.1. The van der Waals surface area contributed by atoms with Crippen LogP contribution in [0.1, 0.15) is 21.5 Å². The average molecular weight is 399 g/mol. The second kappa shape index (κ2) is 7.26. The van der Waals surface area contributed by atoms with E-state index >= 15 is 0 Å². The van der Waals surface area contributed by atoms with E-state index in [9.17, 15) is 10.1 Å². The fourth-order valence-corrected chi connectivity index (χ4v) is 4.43. The summed E-state index contributed by atoms with van der Waals surface area (Å²) in [6, 6.07) is 19.4. The van der Waals surface area contributed by atoms with E-state index in [-0.39, 0.29) is 16.9 Å². The third-order valence-corrected chi connectivity index (χ3v) is 5.69. The largest absolute Gasteiger partial charge is 0.383 e. The second-order valence-corrected chi connectivity index (χ2v) is 7.58. The third-order valence-electron chi connectivity index (χ3n) is 4.58. The highest BCUT2D eigenvalue weighted by molar-refractivity contribution is 7.24. The van der Waals surface area contributed by atoms with E-state index in [1.54, 1.807) is 0 Å². The van der Waals surface area contributed by atoms with E-state index in [4.69, 9.17) is 11.5 Å². The number of aromatic nitrogens is 1. The first-order chi connectivity index (χ1) is 14.0. The Bertz CT molecular complexity index is 1270. The van der Waals surface area contributed by atoms with Crippen LogP contribution in [0.25, 0.3) is 21.3 Å². The molecule has 29 heavy (non-hydrogen) atoms. The van der Waals surface area contributed by atoms with E-state index < -0.39 is 5.91 Å². The van der Waals surface area contributed by atoms with Crippen LogP contribution < -0.4 is 16.8 Å². The molecule has 0 spiro atoms. The standard InChI is InChI=1S/C22H17N5OS/c1-12-7-9-13(10-8-12)16-15(11-23)20(24)27-18-17(21(25)28)22(29-19(16)18)26-14-5-3-2-4-6-14/h2-10,26H,1H3,(H2,24,27)(H2,25,28). The molecule has 0 unspecified atom stereocenters. The molecular formula is C22H17N5OS. The van der Waals surface area contributed by atoms with Crippen LogP contribution in [0.4, 0.5) is 16.5 Å². The van der Waals surface area contributed by atoms with Crippen LogP contribution in [0.5, 0.6) is 0 Å². The number of nitrogen functional groups attached to an aromatic ring is 1. The summed E-state index contributed by atoms with van der Waals surface area (Å²) in [6.07, 6.45) is 0. The number of aryl methyl sites for hydroxylation is 1. The first-order valence-electron chi connectivity index (χ1n) is 8.84. The van der Waals surface area contributed by atoms with Gasteiger partial charge in [0, 0.05) is 11.3 Å². The molecule has 0 aliphatic rings. The van der Waals surface area contributed by atoms with Crippen molar-refractivity contribution < 1.29 is 4.79 Å². The molecule has 0 radical (unpaired) electrons. The van der Waals surface area contributed by atoms with E-state index in [0.717, 1.165) is 16.8 Å². The lowest BCUT2D eigenvalue weighted by Crippen LogP contribution is -2.13. The van der Waals surface area contributed by atoms with Gasteiger partial charge in [0.25, 0.3) is 5.91 Å². The van der Waals surface area contributed by atoms with Crippen LogP contribution >= 0.6 is 11.3 Å². The van der Waals surface area contributed by atoms with Gasteiger partial charge in [-0.05, 0) is 24.6 Å². The second-order valence-electron chi connectivity index (χ2n) is 6.56. The number of hydrogen-bond acceptors (Lipinski definition) is 6. The molecule has 1 amide bonds. The summed E-state index contributed by atoms with van der Waals surface area (Å²) < 4.78 is 0.687. The summed E-state index contributed by atoms with van der Waals surface area (Å²) in [7, 11) is 0. The first-order valence-corrected chi connectivity index (χ1v) is 9.66. The van der Waals surface area contributed by atoms with Crippen molar-refractivity contribution >= 4 is 44.0 Å². The number of fused-ring (bicyclic) bond motifs is 1. The molecule has 0 atom stereocenters. The number of para-hydroxylation sites is 1. The maximum Gasteiger partial charge on any atom is 0.253 e. The smallest absolute Gasteiger partial charge is 0.253 e. The van der Waals surface area contributed by atoms with Crippen LogP contribution in [0.2, 0.25) is 0 Å². The van der Waals surface area contributed by atoms with E-state index in [1.807, 2.05) is 61.5 Å². The highest BCUT2D eigenvalue weighted by Gasteiger charge is 2.24. The number of pyridine rings is 1. The van der Waals surface area contributed by atoms with Crippen LogP contribution in [0.3, 0.4) is 0 Å². The van der Waals surface area contributed by atoms with Crippen LogP contribution in [-0.2, 0) is 0 Å². The van der Waals surface area contributed by atoms with Crippen LogP contribution in [-0.4, -0.2) is 10.9 Å². The maximum atomic E-state index is 12.3. The van der Waals surface area contributed by atoms with Crippen molar-refractivity contribution in [3.05, 3.63) is 71.3 Å². The fourth-order valence-electron chi connectivity index (χ4n) is 3.19. The number of primary amides is 1. The number of carbonyl (C=O) groups excluding carboxylic acids is 1. The van der Waals surface area contributed by atoms with Gasteiger partial charge in [-0.25, -0.2) is 4.98 Å². The van der Waals surface area contributed by atoms with Gasteiger partial charge in [-0.1, -0.05) is 48.0 Å². The zero-order valence-corrected chi connectivity index (χ0v) is 16.4. The summed E-state index contributed by atoms with van der Waals surface area (Å²) in [4.78, 5) is 16.6. The number of rotatable bonds is 4. The number of thiophene rings is 1. The zero-order chi connectivity index (χ0) is 20.5. The van der Waals surface area contributed by atoms with Gasteiger partial charge in [0.1, 0.15) is 28.0 Å². The lowest BCUT2D eigenvalue weighted by Gasteiger charge is -2.09. The number of nitriles is 1. The number of nitrogens with zero attached hydrogens (tertiary/aromatic N) is 2. The molecule has 0 bridgehead atoms. The minimum atomic E-state index is -0.610. The molecule has 2 aromatic carbocycles. The van der Waals surface area contributed by atoms with E-state index in [0.29, 0.717) is 20.8 Å². The fraction of sp³-hybridized carbons (Fsp3) is 0.0455. The van der Waals surface area contributed by atoms with Crippen LogP contribution in [0.15, 0.2) is 54.6 Å². The molecule has 142 valence electrons. The number of nitrogens with two attached hydrogens (primary N) is 2. The maximum absolute atomic E-state index is 12.3. The quantitative estimate of drug-likeness (QED) is 0.465. The van der Waals surface area contributed by atoms with Gasteiger partial charge >= 0.3 is 0 Å². The lowest BCUT2D eigenvalue weighted by molar-refractivity contribution is 0.100. The van der Waals surface area contributed by atoms with Crippen LogP contribution in [0, 0.1) is 18.3 Å². The zero-order valence-electron chi connectivity index (χ0n) is 15.6. The van der Waals surface area contributed by atoms with Crippen molar-refractivity contribution in [1.29, 1.82) is 5.26 Å². The first kappa shape index (κ1) is 18.5. The number of carbonyl (C=O) groups is 1. The Morgan fingerprint density at radius 2 is 1.83 bits per heavy atom. The Balaban J connectivity index is 2.04. The highest BCUT2D eigenvalue weighted by Crippen LogP contribution is 2.44. The molecule has 0 fully saturated rings. The molecule has 0 aliphatic heterocycles. The van der Waals surface area contributed by atoms with Crippen molar-refractivity contribution in [1.82, 2.24) is 4.98 Å². The SMILES string of the molecule is Cc1ccc(-c2c(C#N)c(N)nc3c(C(N)=O)c(Nc4ccccc4)sc23)cc1. The van der Waals surface area contributed by atoms with Crippen molar-refractivity contribution in [3.8, 4) is 17.2 Å². The molecule has 0 aliphatic carbocycles. The Hall–Kier alpha value is -3.89. The summed E-state index contributed by atoms with van der Waals surface area (Å²) in [5.74, 6) is -0.539. The third kappa shape index (κ3) is 3.26. The molecule has 2 aromatic heterocycles. The Morgan fingerprint density at radius 1 is 1.14 bits per heavy atom. The van der Waals surface area contributed by atoms with Crippen molar-refractivity contribution in [3.63, 3.8) is 0 Å². The Labute approximate surface area is 171 Å². The van der Waals surface area contributed by atoms with Crippen molar-refractivity contribution in [2.45, 2.75) is 6.92 Å². The minimum Gasteiger partial charge on any atom is -0.383 e. The van der Waals surface area contributed by atoms with Crippen molar-refractivity contribution in [2.24, 2.45) is 5.73 Å². The summed E-state index contributed by atoms with van der Waals surface area (Å²) in [6.45, 7) is 1.99. The number of amides is 1. The summed E-state index contributed by atoms with van der Waals surface area (Å²) in [5.41, 5.74) is 16.1. The molecule has 0 saturated carbocycles.